The number of nitrogens with one attached hydrogen (secondary N) is 1. The number of rotatable bonds is 6. The van der Waals surface area contributed by atoms with Gasteiger partial charge in [0.25, 0.3) is 0 Å². The SMILES string of the molecule is CCC(=O)Nc1ccc(OC2CCN(S(=O)(=O)c3cccnc3)CC2)nc1. The predicted octanol–water partition coefficient (Wildman–Crippen LogP) is 2.06. The van der Waals surface area contributed by atoms with Crippen molar-refractivity contribution in [1.29, 1.82) is 0 Å². The van der Waals surface area contributed by atoms with Gasteiger partial charge in [-0.25, -0.2) is 13.4 Å². The van der Waals surface area contributed by atoms with Crippen molar-refractivity contribution in [2.45, 2.75) is 37.2 Å². The first kappa shape index (κ1) is 19.2. The molecule has 0 bridgehead atoms. The average molecular weight is 390 g/mol. The van der Waals surface area contributed by atoms with E-state index in [-0.39, 0.29) is 16.9 Å². The largest absolute Gasteiger partial charge is 0.474 e. The van der Waals surface area contributed by atoms with Crippen molar-refractivity contribution >= 4 is 21.6 Å². The van der Waals surface area contributed by atoms with Gasteiger partial charge >= 0.3 is 0 Å². The van der Waals surface area contributed by atoms with Crippen LogP contribution in [0.3, 0.4) is 0 Å². The van der Waals surface area contributed by atoms with Crippen molar-refractivity contribution in [1.82, 2.24) is 14.3 Å². The van der Waals surface area contributed by atoms with Gasteiger partial charge in [-0.2, -0.15) is 4.31 Å². The second-order valence-corrected chi connectivity index (χ2v) is 8.13. The Labute approximate surface area is 158 Å². The lowest BCUT2D eigenvalue weighted by atomic mass is 10.1. The number of sulfonamides is 1. The molecule has 1 aliphatic rings. The van der Waals surface area contributed by atoms with Crippen LogP contribution in [0.4, 0.5) is 5.69 Å². The molecule has 3 rings (SSSR count). The predicted molar refractivity (Wildman–Crippen MR) is 99.8 cm³/mol. The second-order valence-electron chi connectivity index (χ2n) is 6.20. The highest BCUT2D eigenvalue weighted by Crippen LogP contribution is 2.23. The first-order valence-electron chi connectivity index (χ1n) is 8.82. The van der Waals surface area contributed by atoms with Crippen LogP contribution in [0.1, 0.15) is 26.2 Å². The molecule has 3 heterocycles. The molecule has 27 heavy (non-hydrogen) atoms. The Balaban J connectivity index is 1.54. The van der Waals surface area contributed by atoms with Gasteiger partial charge in [-0.05, 0) is 31.0 Å². The van der Waals surface area contributed by atoms with Crippen molar-refractivity contribution in [3.8, 4) is 5.88 Å². The quantitative estimate of drug-likeness (QED) is 0.810. The first-order chi connectivity index (χ1) is 13.0. The number of carbonyl (C=O) groups excluding carboxylic acids is 1. The molecular formula is C18H22N4O4S. The van der Waals surface area contributed by atoms with Crippen LogP contribution < -0.4 is 10.1 Å². The highest BCUT2D eigenvalue weighted by molar-refractivity contribution is 7.89. The third-order valence-corrected chi connectivity index (χ3v) is 6.18. The minimum Gasteiger partial charge on any atom is -0.474 e. The van der Waals surface area contributed by atoms with Crippen molar-refractivity contribution < 1.29 is 17.9 Å². The first-order valence-corrected chi connectivity index (χ1v) is 10.3. The van der Waals surface area contributed by atoms with Gasteiger partial charge in [-0.15, -0.1) is 0 Å². The lowest BCUT2D eigenvalue weighted by molar-refractivity contribution is -0.115. The average Bonchev–Trinajstić information content (AvgIpc) is 2.70. The lowest BCUT2D eigenvalue weighted by Crippen LogP contribution is -2.41. The molecule has 0 saturated carbocycles. The van der Waals surface area contributed by atoms with E-state index in [4.69, 9.17) is 4.74 Å². The zero-order valence-corrected chi connectivity index (χ0v) is 15.9. The summed E-state index contributed by atoms with van der Waals surface area (Å²) < 4.78 is 32.5. The number of piperidine rings is 1. The molecule has 9 heteroatoms. The highest BCUT2D eigenvalue weighted by Gasteiger charge is 2.30. The van der Waals surface area contributed by atoms with Gasteiger partial charge in [0.15, 0.2) is 0 Å². The molecule has 1 N–H and O–H groups in total. The zero-order valence-electron chi connectivity index (χ0n) is 15.0. The smallest absolute Gasteiger partial charge is 0.244 e. The number of anilines is 1. The molecule has 2 aromatic rings. The minimum atomic E-state index is -3.52. The third-order valence-electron chi connectivity index (χ3n) is 4.30. The van der Waals surface area contributed by atoms with Crippen LogP contribution in [0, 0.1) is 0 Å². The standard InChI is InChI=1S/C18H22N4O4S/c1-2-17(23)21-14-5-6-18(20-12-14)26-15-7-10-22(11-8-15)27(24,25)16-4-3-9-19-13-16/h3-6,9,12-13,15H,2,7-8,10-11H2,1H3,(H,21,23). The number of hydrogen-bond acceptors (Lipinski definition) is 6. The molecule has 8 nitrogen and oxygen atoms in total. The van der Waals surface area contributed by atoms with Gasteiger partial charge in [0, 0.05) is 38.0 Å². The Kier molecular flexibility index (Phi) is 6.02. The lowest BCUT2D eigenvalue weighted by Gasteiger charge is -2.31. The van der Waals surface area contributed by atoms with Crippen molar-refractivity contribution in [2.24, 2.45) is 0 Å². The van der Waals surface area contributed by atoms with E-state index in [0.29, 0.717) is 43.9 Å². The minimum absolute atomic E-state index is 0.0762. The number of nitrogens with zero attached hydrogens (tertiary/aromatic N) is 3. The maximum absolute atomic E-state index is 12.6. The Morgan fingerprint density at radius 3 is 2.63 bits per heavy atom. The van der Waals surface area contributed by atoms with Crippen LogP contribution in [-0.4, -0.2) is 47.8 Å². The van der Waals surface area contributed by atoms with E-state index in [1.165, 1.54) is 10.5 Å². The highest BCUT2D eigenvalue weighted by atomic mass is 32.2. The van der Waals surface area contributed by atoms with E-state index in [1.807, 2.05) is 0 Å². The summed E-state index contributed by atoms with van der Waals surface area (Å²) in [7, 11) is -3.52. The van der Waals surface area contributed by atoms with Crippen LogP contribution in [-0.2, 0) is 14.8 Å². The monoisotopic (exact) mass is 390 g/mol. The third kappa shape index (κ3) is 4.81. The maximum Gasteiger partial charge on any atom is 0.244 e. The van der Waals surface area contributed by atoms with Crippen LogP contribution >= 0.6 is 0 Å². The summed E-state index contributed by atoms with van der Waals surface area (Å²) in [5.41, 5.74) is 0.617. The summed E-state index contributed by atoms with van der Waals surface area (Å²) in [5.74, 6) is 0.380. The molecule has 1 fully saturated rings. The molecule has 0 spiro atoms. The van der Waals surface area contributed by atoms with Gasteiger partial charge in [-0.3, -0.25) is 9.78 Å². The summed E-state index contributed by atoms with van der Waals surface area (Å²) in [6.45, 7) is 2.54. The molecule has 0 aromatic carbocycles. The van der Waals surface area contributed by atoms with E-state index in [2.05, 4.69) is 15.3 Å². The summed E-state index contributed by atoms with van der Waals surface area (Å²) in [4.78, 5) is 19.7. The summed E-state index contributed by atoms with van der Waals surface area (Å²) in [6, 6.07) is 6.59. The normalized spacial score (nSPS) is 16.0. The molecule has 144 valence electrons. The van der Waals surface area contributed by atoms with E-state index < -0.39 is 10.0 Å². The number of pyridine rings is 2. The summed E-state index contributed by atoms with van der Waals surface area (Å²) in [5, 5.41) is 2.72. The summed E-state index contributed by atoms with van der Waals surface area (Å²) in [6.07, 6.45) is 5.91. The van der Waals surface area contributed by atoms with Crippen LogP contribution in [0.15, 0.2) is 47.8 Å². The molecule has 0 unspecified atom stereocenters. The van der Waals surface area contributed by atoms with Gasteiger partial charge in [0.05, 0.1) is 11.9 Å². The van der Waals surface area contributed by atoms with Crippen LogP contribution in [0.5, 0.6) is 5.88 Å². The number of ether oxygens (including phenoxy) is 1. The van der Waals surface area contributed by atoms with Crippen molar-refractivity contribution in [2.75, 3.05) is 18.4 Å². The fourth-order valence-electron chi connectivity index (χ4n) is 2.78. The van der Waals surface area contributed by atoms with Crippen LogP contribution in [0.25, 0.3) is 0 Å². The summed E-state index contributed by atoms with van der Waals surface area (Å²) >= 11 is 0. The fourth-order valence-corrected chi connectivity index (χ4v) is 4.22. The molecule has 0 atom stereocenters. The van der Waals surface area contributed by atoms with E-state index >= 15 is 0 Å². The Bertz CT molecular complexity index is 864. The Morgan fingerprint density at radius 2 is 2.04 bits per heavy atom. The Hall–Kier alpha value is -2.52. The molecule has 2 aromatic heterocycles. The topological polar surface area (TPSA) is 101 Å². The van der Waals surface area contributed by atoms with Gasteiger partial charge in [-0.1, -0.05) is 6.92 Å². The van der Waals surface area contributed by atoms with E-state index in [9.17, 15) is 13.2 Å². The van der Waals surface area contributed by atoms with Crippen LogP contribution in [0.2, 0.25) is 0 Å². The molecular weight excluding hydrogens is 368 g/mol. The zero-order chi connectivity index (χ0) is 19.3. The Morgan fingerprint density at radius 1 is 1.26 bits per heavy atom. The van der Waals surface area contributed by atoms with Gasteiger partial charge in [0.2, 0.25) is 21.8 Å². The molecule has 1 amide bonds. The number of aromatic nitrogens is 2. The van der Waals surface area contributed by atoms with Gasteiger partial charge < -0.3 is 10.1 Å². The van der Waals surface area contributed by atoms with Gasteiger partial charge in [0.1, 0.15) is 11.0 Å². The fraction of sp³-hybridized carbons (Fsp3) is 0.389. The number of hydrogen-bond donors (Lipinski definition) is 1. The van der Waals surface area contributed by atoms with Crippen molar-refractivity contribution in [3.05, 3.63) is 42.9 Å². The molecule has 0 radical (unpaired) electrons. The van der Waals surface area contributed by atoms with E-state index in [0.717, 1.165) is 0 Å². The number of amides is 1. The van der Waals surface area contributed by atoms with E-state index in [1.54, 1.807) is 43.6 Å². The molecule has 0 aliphatic carbocycles. The molecule has 1 aliphatic heterocycles. The number of carbonyl (C=O) groups is 1. The maximum atomic E-state index is 12.6. The molecule has 1 saturated heterocycles. The second kappa shape index (κ2) is 8.45. The van der Waals surface area contributed by atoms with Crippen molar-refractivity contribution in [3.63, 3.8) is 0 Å².